The molecule has 90 valence electrons. The van der Waals surface area contributed by atoms with Crippen LogP contribution in [0.25, 0.3) is 0 Å². The number of hydrogen-bond acceptors (Lipinski definition) is 2. The second-order valence-electron chi connectivity index (χ2n) is 3.98. The smallest absolute Gasteiger partial charge is 0.253 e. The maximum atomic E-state index is 12.2. The highest BCUT2D eigenvalue weighted by molar-refractivity contribution is 5.94. The van der Waals surface area contributed by atoms with Gasteiger partial charge in [0.05, 0.1) is 11.6 Å². The molecule has 0 saturated heterocycles. The molecule has 0 radical (unpaired) electrons. The zero-order chi connectivity index (χ0) is 12.7. The first-order chi connectivity index (χ1) is 8.22. The Morgan fingerprint density at radius 2 is 1.94 bits per heavy atom. The molecule has 0 aliphatic carbocycles. The van der Waals surface area contributed by atoms with Crippen molar-refractivity contribution in [3.05, 3.63) is 35.4 Å². The molecule has 0 aromatic heterocycles. The molecule has 17 heavy (non-hydrogen) atoms. The van der Waals surface area contributed by atoms with Gasteiger partial charge in [-0.25, -0.2) is 0 Å². The Hall–Kier alpha value is -1.82. The maximum absolute atomic E-state index is 12.2. The standard InChI is InChI=1S/C14H18N2O/c1-3-8-16(9-4-2)14(17)13-7-5-6-12(10-13)11-15/h5-7,10H,3-4,8-9H2,1-2H3. The van der Waals surface area contributed by atoms with E-state index in [2.05, 4.69) is 19.9 Å². The van der Waals surface area contributed by atoms with Gasteiger partial charge in [0.15, 0.2) is 0 Å². The summed E-state index contributed by atoms with van der Waals surface area (Å²) in [5.41, 5.74) is 1.13. The van der Waals surface area contributed by atoms with Gasteiger partial charge in [0.25, 0.3) is 5.91 Å². The predicted molar refractivity (Wildman–Crippen MR) is 67.6 cm³/mol. The number of amides is 1. The lowest BCUT2D eigenvalue weighted by molar-refractivity contribution is 0.0755. The van der Waals surface area contributed by atoms with Crippen LogP contribution in [0.3, 0.4) is 0 Å². The molecule has 0 bridgehead atoms. The summed E-state index contributed by atoms with van der Waals surface area (Å²) in [6.45, 7) is 5.65. The maximum Gasteiger partial charge on any atom is 0.253 e. The molecule has 1 aromatic carbocycles. The van der Waals surface area contributed by atoms with Crippen LogP contribution in [-0.4, -0.2) is 23.9 Å². The summed E-state index contributed by atoms with van der Waals surface area (Å²) in [6, 6.07) is 8.93. The van der Waals surface area contributed by atoms with Gasteiger partial charge in [-0.2, -0.15) is 5.26 Å². The predicted octanol–water partition coefficient (Wildman–Crippen LogP) is 2.82. The highest BCUT2D eigenvalue weighted by Gasteiger charge is 2.14. The van der Waals surface area contributed by atoms with Crippen molar-refractivity contribution >= 4 is 5.91 Å². The molecule has 1 rings (SSSR count). The molecule has 0 spiro atoms. The Balaban J connectivity index is 2.89. The highest BCUT2D eigenvalue weighted by atomic mass is 16.2. The average molecular weight is 230 g/mol. The van der Waals surface area contributed by atoms with E-state index in [1.54, 1.807) is 24.3 Å². The van der Waals surface area contributed by atoms with Gasteiger partial charge < -0.3 is 4.90 Å². The van der Waals surface area contributed by atoms with Gasteiger partial charge in [-0.05, 0) is 31.0 Å². The Bertz CT molecular complexity index is 414. The molecule has 0 fully saturated rings. The van der Waals surface area contributed by atoms with Crippen molar-refractivity contribution in [2.45, 2.75) is 26.7 Å². The quantitative estimate of drug-likeness (QED) is 0.780. The number of benzene rings is 1. The lowest BCUT2D eigenvalue weighted by Gasteiger charge is -2.21. The normalized spacial score (nSPS) is 9.71. The zero-order valence-electron chi connectivity index (χ0n) is 10.4. The summed E-state index contributed by atoms with van der Waals surface area (Å²) >= 11 is 0. The Kier molecular flexibility index (Phi) is 5.22. The van der Waals surface area contributed by atoms with Crippen molar-refractivity contribution in [1.29, 1.82) is 5.26 Å². The van der Waals surface area contributed by atoms with Gasteiger partial charge in [-0.1, -0.05) is 19.9 Å². The molecule has 0 saturated carbocycles. The summed E-state index contributed by atoms with van der Waals surface area (Å²) in [7, 11) is 0. The van der Waals surface area contributed by atoms with Gasteiger partial charge in [0, 0.05) is 18.7 Å². The number of carbonyl (C=O) groups is 1. The van der Waals surface area contributed by atoms with E-state index in [0.29, 0.717) is 11.1 Å². The first-order valence-corrected chi connectivity index (χ1v) is 6.02. The van der Waals surface area contributed by atoms with E-state index in [9.17, 15) is 4.79 Å². The third-order valence-corrected chi connectivity index (χ3v) is 2.51. The summed E-state index contributed by atoms with van der Waals surface area (Å²) in [5.74, 6) is 0.0193. The molecule has 0 aliphatic heterocycles. The van der Waals surface area contributed by atoms with E-state index in [-0.39, 0.29) is 5.91 Å². The molecule has 0 unspecified atom stereocenters. The fourth-order valence-corrected chi connectivity index (χ4v) is 1.76. The van der Waals surface area contributed by atoms with Gasteiger partial charge in [-0.15, -0.1) is 0 Å². The van der Waals surface area contributed by atoms with Crippen LogP contribution in [0.4, 0.5) is 0 Å². The Morgan fingerprint density at radius 3 is 2.47 bits per heavy atom. The lowest BCUT2D eigenvalue weighted by atomic mass is 10.1. The van der Waals surface area contributed by atoms with Crippen molar-refractivity contribution < 1.29 is 4.79 Å². The Labute approximate surface area is 103 Å². The van der Waals surface area contributed by atoms with Crippen LogP contribution in [0.5, 0.6) is 0 Å². The van der Waals surface area contributed by atoms with Crippen LogP contribution in [0.15, 0.2) is 24.3 Å². The van der Waals surface area contributed by atoms with E-state index in [0.717, 1.165) is 25.9 Å². The van der Waals surface area contributed by atoms with Crippen molar-refractivity contribution in [2.24, 2.45) is 0 Å². The minimum atomic E-state index is 0.0193. The van der Waals surface area contributed by atoms with Crippen molar-refractivity contribution in [3.63, 3.8) is 0 Å². The van der Waals surface area contributed by atoms with Crippen LogP contribution in [-0.2, 0) is 0 Å². The van der Waals surface area contributed by atoms with E-state index in [4.69, 9.17) is 5.26 Å². The van der Waals surface area contributed by atoms with Crippen molar-refractivity contribution in [3.8, 4) is 6.07 Å². The molecule has 1 aromatic rings. The van der Waals surface area contributed by atoms with Crippen molar-refractivity contribution in [1.82, 2.24) is 4.90 Å². The highest BCUT2D eigenvalue weighted by Crippen LogP contribution is 2.09. The van der Waals surface area contributed by atoms with Crippen LogP contribution in [0.1, 0.15) is 42.6 Å². The van der Waals surface area contributed by atoms with E-state index < -0.39 is 0 Å². The molecule has 1 amide bonds. The molecule has 0 heterocycles. The van der Waals surface area contributed by atoms with Crippen molar-refractivity contribution in [2.75, 3.05) is 13.1 Å². The largest absolute Gasteiger partial charge is 0.339 e. The lowest BCUT2D eigenvalue weighted by Crippen LogP contribution is -2.32. The van der Waals surface area contributed by atoms with E-state index >= 15 is 0 Å². The molecule has 3 heteroatoms. The number of nitrogens with zero attached hydrogens (tertiary/aromatic N) is 2. The fourth-order valence-electron chi connectivity index (χ4n) is 1.76. The summed E-state index contributed by atoms with van der Waals surface area (Å²) < 4.78 is 0. The summed E-state index contributed by atoms with van der Waals surface area (Å²) in [6.07, 6.45) is 1.90. The van der Waals surface area contributed by atoms with Crippen LogP contribution in [0, 0.1) is 11.3 Å². The van der Waals surface area contributed by atoms with Gasteiger partial charge in [0.1, 0.15) is 0 Å². The minimum Gasteiger partial charge on any atom is -0.339 e. The molecular formula is C14H18N2O. The fraction of sp³-hybridized carbons (Fsp3) is 0.429. The Morgan fingerprint density at radius 1 is 1.29 bits per heavy atom. The second kappa shape index (κ2) is 6.70. The topological polar surface area (TPSA) is 44.1 Å². The first-order valence-electron chi connectivity index (χ1n) is 6.02. The number of nitriles is 1. The summed E-state index contributed by atoms with van der Waals surface area (Å²) in [4.78, 5) is 14.1. The number of hydrogen-bond donors (Lipinski definition) is 0. The van der Waals surface area contributed by atoms with Gasteiger partial charge in [-0.3, -0.25) is 4.79 Å². The molecule has 0 N–H and O–H groups in total. The third kappa shape index (κ3) is 3.60. The van der Waals surface area contributed by atoms with Crippen LogP contribution >= 0.6 is 0 Å². The molecule has 3 nitrogen and oxygen atoms in total. The summed E-state index contributed by atoms with van der Waals surface area (Å²) in [5, 5.41) is 8.81. The number of rotatable bonds is 5. The molecule has 0 atom stereocenters. The van der Waals surface area contributed by atoms with E-state index in [1.807, 2.05) is 4.90 Å². The molecule has 0 aliphatic rings. The van der Waals surface area contributed by atoms with Gasteiger partial charge in [0.2, 0.25) is 0 Å². The van der Waals surface area contributed by atoms with Gasteiger partial charge >= 0.3 is 0 Å². The average Bonchev–Trinajstić information content (AvgIpc) is 2.38. The zero-order valence-corrected chi connectivity index (χ0v) is 10.4. The third-order valence-electron chi connectivity index (χ3n) is 2.51. The monoisotopic (exact) mass is 230 g/mol. The first kappa shape index (κ1) is 13.2. The minimum absolute atomic E-state index is 0.0193. The number of carbonyl (C=O) groups excluding carboxylic acids is 1. The van der Waals surface area contributed by atoms with Crippen LogP contribution in [0.2, 0.25) is 0 Å². The van der Waals surface area contributed by atoms with Crippen LogP contribution < -0.4 is 0 Å². The molecular weight excluding hydrogens is 212 g/mol. The van der Waals surface area contributed by atoms with E-state index in [1.165, 1.54) is 0 Å². The SMILES string of the molecule is CCCN(CCC)C(=O)c1cccc(C#N)c1. The second-order valence-corrected chi connectivity index (χ2v) is 3.98.